The first-order valence-corrected chi connectivity index (χ1v) is 5.26. The average molecular weight is 219 g/mol. The molecule has 1 unspecified atom stereocenters. The summed E-state index contributed by atoms with van der Waals surface area (Å²) >= 11 is 7.26. The molecule has 0 aliphatic rings. The number of halogens is 1. The highest BCUT2D eigenvalue weighted by Crippen LogP contribution is 2.22. The number of carbonyl (C=O) groups excluding carboxylic acids is 1. The molecule has 1 N–H and O–H groups in total. The van der Waals surface area contributed by atoms with Crippen molar-refractivity contribution in [3.63, 3.8) is 0 Å². The number of rotatable bonds is 3. The monoisotopic (exact) mass is 218 g/mol. The van der Waals surface area contributed by atoms with Crippen molar-refractivity contribution in [1.29, 1.82) is 0 Å². The molecule has 0 saturated carbocycles. The Kier molecular flexibility index (Phi) is 3.69. The number of aromatic nitrogens is 1. The van der Waals surface area contributed by atoms with Gasteiger partial charge in [0.25, 0.3) is 0 Å². The van der Waals surface area contributed by atoms with E-state index in [0.29, 0.717) is 5.01 Å². The molecule has 0 spiro atoms. The number of alkyl halides is 1. The maximum Gasteiger partial charge on any atom is 0.245 e. The van der Waals surface area contributed by atoms with Gasteiger partial charge < -0.3 is 5.32 Å². The van der Waals surface area contributed by atoms with Gasteiger partial charge in [-0.15, -0.1) is 22.9 Å². The number of hydrogen-bond acceptors (Lipinski definition) is 3. The molecule has 13 heavy (non-hydrogen) atoms. The molecule has 1 amide bonds. The highest BCUT2D eigenvalue weighted by molar-refractivity contribution is 7.10. The maximum atomic E-state index is 11.4. The smallest absolute Gasteiger partial charge is 0.245 e. The fourth-order valence-corrected chi connectivity index (χ4v) is 1.71. The Balaban J connectivity index is 2.58. The second-order valence-electron chi connectivity index (χ2n) is 2.90. The van der Waals surface area contributed by atoms with Gasteiger partial charge in [-0.25, -0.2) is 4.98 Å². The number of carbonyl (C=O) groups is 1. The Morgan fingerprint density at radius 1 is 1.69 bits per heavy atom. The summed E-state index contributed by atoms with van der Waals surface area (Å²) in [5.41, 5.74) is 0. The molecule has 72 valence electrons. The second kappa shape index (κ2) is 4.58. The van der Waals surface area contributed by atoms with E-state index in [1.165, 1.54) is 11.3 Å². The first-order chi connectivity index (χ1) is 6.11. The predicted molar refractivity (Wildman–Crippen MR) is 54.0 cm³/mol. The molecule has 0 saturated heterocycles. The van der Waals surface area contributed by atoms with E-state index in [0.717, 1.165) is 0 Å². The summed E-state index contributed by atoms with van der Waals surface area (Å²) in [6, 6.07) is 0.105. The molecule has 1 aromatic rings. The van der Waals surface area contributed by atoms with E-state index in [2.05, 4.69) is 10.3 Å². The third-order valence-electron chi connectivity index (χ3n) is 1.33. The van der Waals surface area contributed by atoms with E-state index in [1.54, 1.807) is 11.6 Å². The van der Waals surface area contributed by atoms with Crippen LogP contribution in [0.5, 0.6) is 0 Å². The van der Waals surface area contributed by atoms with Crippen molar-refractivity contribution in [3.05, 3.63) is 16.6 Å². The summed E-state index contributed by atoms with van der Waals surface area (Å²) in [7, 11) is 0. The van der Waals surface area contributed by atoms with Crippen molar-refractivity contribution < 1.29 is 4.79 Å². The summed E-state index contributed by atoms with van der Waals surface area (Å²) in [6.45, 7) is 3.78. The molecule has 0 radical (unpaired) electrons. The Hall–Kier alpha value is -0.610. The lowest BCUT2D eigenvalue weighted by Gasteiger charge is -2.10. The Morgan fingerprint density at radius 2 is 2.38 bits per heavy atom. The summed E-state index contributed by atoms with van der Waals surface area (Å²) in [5, 5.41) is 4.50. The molecule has 1 aromatic heterocycles. The zero-order chi connectivity index (χ0) is 9.84. The molecule has 0 aliphatic carbocycles. The third-order valence-corrected chi connectivity index (χ3v) is 2.70. The largest absolute Gasteiger partial charge is 0.352 e. The van der Waals surface area contributed by atoms with Gasteiger partial charge in [0.05, 0.1) is 0 Å². The minimum atomic E-state index is -0.664. The van der Waals surface area contributed by atoms with Crippen LogP contribution < -0.4 is 5.32 Å². The SMILES string of the molecule is CC(C)NC(=O)C(Cl)c1nccs1. The minimum absolute atomic E-state index is 0.105. The number of amides is 1. The maximum absolute atomic E-state index is 11.4. The summed E-state index contributed by atoms with van der Waals surface area (Å²) in [6.07, 6.45) is 1.64. The molecule has 0 bridgehead atoms. The van der Waals surface area contributed by atoms with Crippen LogP contribution in [0, 0.1) is 0 Å². The minimum Gasteiger partial charge on any atom is -0.352 e. The lowest BCUT2D eigenvalue weighted by Crippen LogP contribution is -2.32. The van der Waals surface area contributed by atoms with Gasteiger partial charge in [-0.05, 0) is 13.8 Å². The first-order valence-electron chi connectivity index (χ1n) is 3.95. The Bertz CT molecular complexity index is 274. The van der Waals surface area contributed by atoms with Gasteiger partial charge in [0.15, 0.2) is 5.38 Å². The fraction of sp³-hybridized carbons (Fsp3) is 0.500. The van der Waals surface area contributed by atoms with Crippen LogP contribution in [0.15, 0.2) is 11.6 Å². The molecule has 1 heterocycles. The van der Waals surface area contributed by atoms with Crippen LogP contribution in [0.4, 0.5) is 0 Å². The van der Waals surface area contributed by atoms with Crippen LogP contribution >= 0.6 is 22.9 Å². The standard InChI is InChI=1S/C8H11ClN2OS/c1-5(2)11-7(12)6(9)8-10-3-4-13-8/h3-6H,1-2H3,(H,11,12). The lowest BCUT2D eigenvalue weighted by molar-refractivity contribution is -0.121. The highest BCUT2D eigenvalue weighted by atomic mass is 35.5. The van der Waals surface area contributed by atoms with E-state index in [4.69, 9.17) is 11.6 Å². The van der Waals surface area contributed by atoms with Gasteiger partial charge in [-0.1, -0.05) is 0 Å². The van der Waals surface area contributed by atoms with E-state index in [-0.39, 0.29) is 11.9 Å². The van der Waals surface area contributed by atoms with Crippen LogP contribution in [-0.4, -0.2) is 16.9 Å². The number of nitrogens with one attached hydrogen (secondary N) is 1. The Morgan fingerprint density at radius 3 is 2.85 bits per heavy atom. The number of thiazole rings is 1. The normalized spacial score (nSPS) is 12.9. The average Bonchev–Trinajstić information content (AvgIpc) is 2.53. The van der Waals surface area contributed by atoms with E-state index >= 15 is 0 Å². The predicted octanol–water partition coefficient (Wildman–Crippen LogP) is 1.95. The zero-order valence-corrected chi connectivity index (χ0v) is 9.02. The van der Waals surface area contributed by atoms with Crippen LogP contribution in [0.1, 0.15) is 24.2 Å². The summed E-state index contributed by atoms with van der Waals surface area (Å²) in [5.74, 6) is -0.188. The van der Waals surface area contributed by atoms with Crippen LogP contribution in [0.3, 0.4) is 0 Å². The number of hydrogen-bond donors (Lipinski definition) is 1. The van der Waals surface area contributed by atoms with Crippen molar-refractivity contribution in [3.8, 4) is 0 Å². The van der Waals surface area contributed by atoms with Crippen molar-refractivity contribution in [1.82, 2.24) is 10.3 Å². The van der Waals surface area contributed by atoms with Crippen molar-refractivity contribution in [2.75, 3.05) is 0 Å². The topological polar surface area (TPSA) is 42.0 Å². The molecule has 3 nitrogen and oxygen atoms in total. The lowest BCUT2D eigenvalue weighted by atomic mass is 10.3. The highest BCUT2D eigenvalue weighted by Gasteiger charge is 2.20. The van der Waals surface area contributed by atoms with Crippen LogP contribution in [-0.2, 0) is 4.79 Å². The summed E-state index contributed by atoms with van der Waals surface area (Å²) < 4.78 is 0. The third kappa shape index (κ3) is 2.97. The molecular formula is C8H11ClN2OS. The van der Waals surface area contributed by atoms with Gasteiger partial charge in [0.2, 0.25) is 5.91 Å². The molecule has 1 atom stereocenters. The van der Waals surface area contributed by atoms with E-state index < -0.39 is 5.38 Å². The molecule has 5 heteroatoms. The van der Waals surface area contributed by atoms with Crippen molar-refractivity contribution in [2.45, 2.75) is 25.3 Å². The quantitative estimate of drug-likeness (QED) is 0.788. The number of nitrogens with zero attached hydrogens (tertiary/aromatic N) is 1. The van der Waals surface area contributed by atoms with Crippen molar-refractivity contribution >= 4 is 28.8 Å². The van der Waals surface area contributed by atoms with Gasteiger partial charge in [0, 0.05) is 17.6 Å². The first kappa shape index (κ1) is 10.5. The molecule has 0 aliphatic heterocycles. The van der Waals surface area contributed by atoms with Crippen LogP contribution in [0.2, 0.25) is 0 Å². The Labute approximate surface area is 86.1 Å². The molecule has 0 fully saturated rings. The van der Waals surface area contributed by atoms with Gasteiger partial charge >= 0.3 is 0 Å². The molecule has 0 aromatic carbocycles. The zero-order valence-electron chi connectivity index (χ0n) is 7.45. The van der Waals surface area contributed by atoms with Crippen molar-refractivity contribution in [2.24, 2.45) is 0 Å². The molecule has 1 rings (SSSR count). The van der Waals surface area contributed by atoms with Gasteiger partial charge in [-0.2, -0.15) is 0 Å². The fourth-order valence-electron chi connectivity index (χ4n) is 0.829. The van der Waals surface area contributed by atoms with Gasteiger partial charge in [-0.3, -0.25) is 4.79 Å². The summed E-state index contributed by atoms with van der Waals surface area (Å²) in [4.78, 5) is 15.3. The second-order valence-corrected chi connectivity index (χ2v) is 4.26. The van der Waals surface area contributed by atoms with E-state index in [1.807, 2.05) is 13.8 Å². The van der Waals surface area contributed by atoms with E-state index in [9.17, 15) is 4.79 Å². The van der Waals surface area contributed by atoms with Gasteiger partial charge in [0.1, 0.15) is 5.01 Å². The van der Waals surface area contributed by atoms with Crippen LogP contribution in [0.25, 0.3) is 0 Å². The molecular weight excluding hydrogens is 208 g/mol.